The summed E-state index contributed by atoms with van der Waals surface area (Å²) in [4.78, 5) is 26.6. The first kappa shape index (κ1) is 21.5. The fourth-order valence-electron chi connectivity index (χ4n) is 3.52. The smallest absolute Gasteiger partial charge is 0.410 e. The molecule has 6 heteroatoms. The lowest BCUT2D eigenvalue weighted by Crippen LogP contribution is -2.45. The van der Waals surface area contributed by atoms with Gasteiger partial charge in [0.15, 0.2) is 0 Å². The van der Waals surface area contributed by atoms with E-state index in [1.165, 1.54) is 7.11 Å². The normalized spacial score (nSPS) is 23.0. The van der Waals surface area contributed by atoms with Gasteiger partial charge in [-0.3, -0.25) is 0 Å². The summed E-state index contributed by atoms with van der Waals surface area (Å²) >= 11 is 0. The molecule has 0 bridgehead atoms. The van der Waals surface area contributed by atoms with Gasteiger partial charge in [-0.05, 0) is 42.0 Å². The van der Waals surface area contributed by atoms with Crippen molar-refractivity contribution in [2.75, 3.05) is 20.3 Å². The average Bonchev–Trinajstić information content (AvgIpc) is 2.62. The maximum Gasteiger partial charge on any atom is 0.410 e. The van der Waals surface area contributed by atoms with Crippen LogP contribution in [-0.4, -0.2) is 45.3 Å². The maximum atomic E-state index is 12.8. The molecule has 1 fully saturated rings. The molecule has 0 spiro atoms. The van der Waals surface area contributed by atoms with Crippen molar-refractivity contribution in [3.05, 3.63) is 35.4 Å². The Morgan fingerprint density at radius 2 is 1.93 bits per heavy atom. The molecule has 1 aromatic carbocycles. The number of carbonyl (C=O) groups excluding carboxylic acids is 2. The first-order valence-corrected chi connectivity index (χ1v) is 13.5. The number of nitrogens with zero attached hydrogens (tertiary/aromatic N) is 1. The Hall–Kier alpha value is -1.82. The van der Waals surface area contributed by atoms with Crippen LogP contribution in [0.4, 0.5) is 4.79 Å². The molecule has 0 aromatic heterocycles. The molecule has 1 aliphatic heterocycles. The number of amides is 1. The SMILES string of the molecule is COC(=O)c1cccc(C2[C@H](C)[C@H](C)CCN2C(=O)OCC[Si](C)(C)C)c1. The van der Waals surface area contributed by atoms with Crippen LogP contribution in [-0.2, 0) is 9.47 Å². The van der Waals surface area contributed by atoms with Gasteiger partial charge in [0.2, 0.25) is 0 Å². The molecule has 27 heavy (non-hydrogen) atoms. The zero-order chi connectivity index (χ0) is 20.2. The molecule has 0 aliphatic carbocycles. The number of rotatable bonds is 5. The summed E-state index contributed by atoms with van der Waals surface area (Å²) in [5, 5.41) is 0. The van der Waals surface area contributed by atoms with E-state index in [1.54, 1.807) is 6.07 Å². The Morgan fingerprint density at radius 3 is 2.56 bits per heavy atom. The first-order chi connectivity index (χ1) is 12.6. The minimum Gasteiger partial charge on any atom is -0.465 e. The van der Waals surface area contributed by atoms with Gasteiger partial charge in [0.25, 0.3) is 0 Å². The molecule has 1 aromatic rings. The van der Waals surface area contributed by atoms with Crippen LogP contribution in [0.15, 0.2) is 24.3 Å². The molecular weight excluding hydrogens is 358 g/mol. The van der Waals surface area contributed by atoms with Crippen LogP contribution in [0.3, 0.4) is 0 Å². The fraction of sp³-hybridized carbons (Fsp3) is 0.619. The molecule has 1 aliphatic rings. The van der Waals surface area contributed by atoms with Crippen molar-refractivity contribution >= 4 is 20.1 Å². The molecule has 3 atom stereocenters. The molecule has 0 N–H and O–H groups in total. The van der Waals surface area contributed by atoms with Crippen molar-refractivity contribution in [1.29, 1.82) is 0 Å². The number of hydrogen-bond donors (Lipinski definition) is 0. The summed E-state index contributed by atoms with van der Waals surface area (Å²) in [5.74, 6) is 0.400. The Kier molecular flexibility index (Phi) is 7.09. The molecule has 0 saturated carbocycles. The highest BCUT2D eigenvalue weighted by atomic mass is 28.3. The molecule has 0 radical (unpaired) electrons. The Balaban J connectivity index is 2.23. The highest BCUT2D eigenvalue weighted by molar-refractivity contribution is 6.76. The van der Waals surface area contributed by atoms with E-state index < -0.39 is 8.07 Å². The van der Waals surface area contributed by atoms with Crippen LogP contribution in [0.25, 0.3) is 0 Å². The van der Waals surface area contributed by atoms with Gasteiger partial charge in [-0.2, -0.15) is 0 Å². The van der Waals surface area contributed by atoms with Crippen molar-refractivity contribution in [3.63, 3.8) is 0 Å². The van der Waals surface area contributed by atoms with Crippen molar-refractivity contribution in [2.24, 2.45) is 11.8 Å². The van der Waals surface area contributed by atoms with Crippen molar-refractivity contribution in [1.82, 2.24) is 4.90 Å². The largest absolute Gasteiger partial charge is 0.465 e. The summed E-state index contributed by atoms with van der Waals surface area (Å²) < 4.78 is 10.5. The molecule has 5 nitrogen and oxygen atoms in total. The summed E-state index contributed by atoms with van der Waals surface area (Å²) in [6.45, 7) is 12.3. The maximum absolute atomic E-state index is 12.8. The van der Waals surface area contributed by atoms with Crippen LogP contribution in [0.2, 0.25) is 25.7 Å². The van der Waals surface area contributed by atoms with E-state index in [4.69, 9.17) is 9.47 Å². The highest BCUT2D eigenvalue weighted by Gasteiger charge is 2.37. The summed E-state index contributed by atoms with van der Waals surface area (Å²) in [6, 6.07) is 8.27. The minimum absolute atomic E-state index is 0.0993. The second-order valence-electron chi connectivity index (χ2n) is 8.81. The van der Waals surface area contributed by atoms with E-state index in [9.17, 15) is 9.59 Å². The quantitative estimate of drug-likeness (QED) is 0.525. The molecule has 1 heterocycles. The van der Waals surface area contributed by atoms with Crippen LogP contribution in [0.5, 0.6) is 0 Å². The van der Waals surface area contributed by atoms with Crippen LogP contribution in [0.1, 0.15) is 42.2 Å². The predicted octanol–water partition coefficient (Wildman–Crippen LogP) is 4.97. The predicted molar refractivity (Wildman–Crippen MR) is 110 cm³/mol. The highest BCUT2D eigenvalue weighted by Crippen LogP contribution is 2.39. The molecule has 150 valence electrons. The van der Waals surface area contributed by atoms with E-state index >= 15 is 0 Å². The van der Waals surface area contributed by atoms with Crippen molar-refractivity contribution < 1.29 is 19.1 Å². The molecule has 2 rings (SSSR count). The fourth-order valence-corrected chi connectivity index (χ4v) is 4.24. The van der Waals surface area contributed by atoms with E-state index in [2.05, 4.69) is 33.5 Å². The number of methoxy groups -OCH3 is 1. The third-order valence-electron chi connectivity index (χ3n) is 5.52. The standard InChI is InChI=1S/C21H33NO4Si/c1-15-10-11-22(21(24)26-12-13-27(4,5)6)19(16(15)2)17-8-7-9-18(14-17)20(23)25-3/h7-9,14-16,19H,10-13H2,1-6H3/t15-,16-,19?/m1/s1. The number of esters is 1. The zero-order valence-corrected chi connectivity index (χ0v) is 18.5. The number of carbonyl (C=O) groups is 2. The Bertz CT molecular complexity index is 670. The van der Waals surface area contributed by atoms with Crippen LogP contribution >= 0.6 is 0 Å². The third kappa shape index (κ3) is 5.58. The lowest BCUT2D eigenvalue weighted by Gasteiger charge is -2.43. The van der Waals surface area contributed by atoms with Gasteiger partial charge in [0.1, 0.15) is 0 Å². The monoisotopic (exact) mass is 391 g/mol. The molecular formula is C21H33NO4Si. The van der Waals surface area contributed by atoms with Crippen molar-refractivity contribution in [3.8, 4) is 0 Å². The van der Waals surface area contributed by atoms with E-state index in [-0.39, 0.29) is 24.0 Å². The second kappa shape index (κ2) is 8.91. The number of likely N-dealkylation sites (tertiary alicyclic amines) is 1. The lowest BCUT2D eigenvalue weighted by atomic mass is 9.79. The Morgan fingerprint density at radius 1 is 1.22 bits per heavy atom. The van der Waals surface area contributed by atoms with Gasteiger partial charge in [0.05, 0.1) is 25.3 Å². The topological polar surface area (TPSA) is 55.8 Å². The average molecular weight is 392 g/mol. The second-order valence-corrected chi connectivity index (χ2v) is 14.4. The van der Waals surface area contributed by atoms with E-state index in [0.29, 0.717) is 24.6 Å². The zero-order valence-electron chi connectivity index (χ0n) is 17.5. The van der Waals surface area contributed by atoms with Gasteiger partial charge in [-0.1, -0.05) is 45.6 Å². The van der Waals surface area contributed by atoms with Crippen LogP contribution in [0, 0.1) is 11.8 Å². The summed E-state index contributed by atoms with van der Waals surface area (Å²) in [5.41, 5.74) is 1.46. The van der Waals surface area contributed by atoms with Gasteiger partial charge in [0, 0.05) is 14.6 Å². The van der Waals surface area contributed by atoms with Gasteiger partial charge in [-0.15, -0.1) is 0 Å². The molecule has 1 saturated heterocycles. The number of hydrogen-bond acceptors (Lipinski definition) is 4. The van der Waals surface area contributed by atoms with E-state index in [1.807, 2.05) is 23.1 Å². The lowest BCUT2D eigenvalue weighted by molar-refractivity contribution is 0.0404. The van der Waals surface area contributed by atoms with Gasteiger partial charge >= 0.3 is 12.1 Å². The van der Waals surface area contributed by atoms with Crippen LogP contribution < -0.4 is 0 Å². The van der Waals surface area contributed by atoms with Gasteiger partial charge < -0.3 is 14.4 Å². The summed E-state index contributed by atoms with van der Waals surface area (Å²) in [6.07, 6.45) is 0.706. The van der Waals surface area contributed by atoms with Crippen molar-refractivity contribution in [2.45, 2.75) is 52.0 Å². The summed E-state index contributed by atoms with van der Waals surface area (Å²) in [7, 11) is 0.127. The minimum atomic E-state index is -1.25. The third-order valence-corrected chi connectivity index (χ3v) is 7.22. The molecule has 1 amide bonds. The Labute approximate surface area is 164 Å². The van der Waals surface area contributed by atoms with E-state index in [0.717, 1.165) is 18.0 Å². The number of ether oxygens (including phenoxy) is 2. The van der Waals surface area contributed by atoms with Gasteiger partial charge in [-0.25, -0.2) is 9.59 Å². The number of piperidine rings is 1. The molecule has 1 unspecified atom stereocenters. The first-order valence-electron chi connectivity index (χ1n) is 9.75. The number of benzene rings is 1.